The summed E-state index contributed by atoms with van der Waals surface area (Å²) in [5.41, 5.74) is 22.8. The topological polar surface area (TPSA) is 76.4 Å². The van der Waals surface area contributed by atoms with Crippen LogP contribution in [0.15, 0.2) is 95.7 Å². The van der Waals surface area contributed by atoms with Gasteiger partial charge in [-0.25, -0.2) is 0 Å². The molecule has 0 saturated heterocycles. The van der Waals surface area contributed by atoms with Crippen molar-refractivity contribution in [2.45, 2.75) is 53.4 Å². The largest absolute Gasteiger partial charge is 0.404 e. The number of rotatable bonds is 14. The zero-order valence-electron chi connectivity index (χ0n) is 26.6. The Bertz CT molecular complexity index is 1490. The molecule has 5 N–H and O–H groups in total. The van der Waals surface area contributed by atoms with E-state index in [-0.39, 0.29) is 0 Å². The van der Waals surface area contributed by atoms with Crippen LogP contribution >= 0.6 is 0 Å². The van der Waals surface area contributed by atoms with E-state index in [9.17, 15) is 0 Å². The number of aryl methyl sites for hydroxylation is 2. The van der Waals surface area contributed by atoms with Gasteiger partial charge >= 0.3 is 0 Å². The minimum atomic E-state index is 0.292. The van der Waals surface area contributed by atoms with E-state index in [0.29, 0.717) is 18.7 Å². The van der Waals surface area contributed by atoms with Gasteiger partial charge in [-0.05, 0) is 84.3 Å². The average Bonchev–Trinajstić information content (AvgIpc) is 3.02. The molecule has 0 fully saturated rings. The van der Waals surface area contributed by atoms with E-state index in [1.54, 1.807) is 6.21 Å². The molecule has 0 amide bonds. The maximum Gasteiger partial charge on any atom is 0.0581 e. The summed E-state index contributed by atoms with van der Waals surface area (Å²) in [7, 11) is 0. The van der Waals surface area contributed by atoms with Crippen molar-refractivity contribution in [1.82, 2.24) is 5.32 Å². The Kier molecular flexibility index (Phi) is 15.4. The van der Waals surface area contributed by atoms with Crippen molar-refractivity contribution in [3.63, 3.8) is 0 Å². The average molecular weight is 573 g/mol. The number of benzene rings is 2. The van der Waals surface area contributed by atoms with Gasteiger partial charge in [0.15, 0.2) is 0 Å². The number of nitrogens with zero attached hydrogens (tertiary/aromatic N) is 1. The van der Waals surface area contributed by atoms with Gasteiger partial charge in [0.2, 0.25) is 0 Å². The molecule has 4 heteroatoms. The molecule has 2 aromatic rings. The number of hydrogen-bond acceptors (Lipinski definition) is 4. The highest BCUT2D eigenvalue weighted by atomic mass is 14.8. The molecule has 43 heavy (non-hydrogen) atoms. The molecule has 224 valence electrons. The van der Waals surface area contributed by atoms with E-state index >= 15 is 0 Å². The second-order valence-electron chi connectivity index (χ2n) is 10.4. The number of unbranched alkanes of at least 4 members (excludes halogenated alkanes) is 1. The number of nitrogens with one attached hydrogen (secondary N) is 1. The van der Waals surface area contributed by atoms with Crippen molar-refractivity contribution < 1.29 is 0 Å². The molecule has 0 saturated carbocycles. The van der Waals surface area contributed by atoms with Gasteiger partial charge in [-0.1, -0.05) is 99.6 Å². The molecule has 0 aromatic heterocycles. The quantitative estimate of drug-likeness (QED) is 0.0973. The Morgan fingerprint density at radius 2 is 1.79 bits per heavy atom. The number of nitrogens with two attached hydrogens (primary N) is 2. The molecule has 0 radical (unpaired) electrons. The first kappa shape index (κ1) is 34.8. The molecule has 0 aliphatic carbocycles. The molecular weight excluding hydrogens is 524 g/mol. The Balaban J connectivity index is 1.97. The molecule has 2 aromatic carbocycles. The van der Waals surface area contributed by atoms with Crippen LogP contribution in [0.5, 0.6) is 0 Å². The van der Waals surface area contributed by atoms with Crippen molar-refractivity contribution >= 4 is 17.4 Å². The summed E-state index contributed by atoms with van der Waals surface area (Å²) in [5.74, 6) is 12.9. The maximum atomic E-state index is 6.03. The lowest BCUT2D eigenvalue weighted by molar-refractivity contribution is 0.806. The van der Waals surface area contributed by atoms with Crippen LogP contribution < -0.4 is 16.8 Å². The van der Waals surface area contributed by atoms with E-state index in [2.05, 4.69) is 105 Å². The highest BCUT2D eigenvalue weighted by Crippen LogP contribution is 2.27. The first-order valence-corrected chi connectivity index (χ1v) is 15.0. The summed E-state index contributed by atoms with van der Waals surface area (Å²) < 4.78 is 0. The smallest absolute Gasteiger partial charge is 0.0581 e. The highest BCUT2D eigenvalue weighted by Gasteiger charge is 2.09. The van der Waals surface area contributed by atoms with Crippen LogP contribution in [-0.4, -0.2) is 32.4 Å². The number of likely N-dealkylation sites (N-methyl/N-ethyl adjacent to an activating group) is 1. The molecule has 0 spiro atoms. The molecule has 0 unspecified atom stereocenters. The summed E-state index contributed by atoms with van der Waals surface area (Å²) in [6.07, 6.45) is 6.88. The third-order valence-corrected chi connectivity index (χ3v) is 7.06. The third-order valence-electron chi connectivity index (χ3n) is 7.06. The fourth-order valence-corrected chi connectivity index (χ4v) is 4.35. The van der Waals surface area contributed by atoms with Crippen molar-refractivity contribution in [1.29, 1.82) is 0 Å². The monoisotopic (exact) mass is 572 g/mol. The lowest BCUT2D eigenvalue weighted by Crippen LogP contribution is -2.15. The predicted octanol–water partition coefficient (Wildman–Crippen LogP) is 7.16. The van der Waals surface area contributed by atoms with Crippen molar-refractivity contribution in [2.75, 3.05) is 26.2 Å². The van der Waals surface area contributed by atoms with Crippen LogP contribution in [0.1, 0.15) is 67.9 Å². The first-order chi connectivity index (χ1) is 20.7. The summed E-state index contributed by atoms with van der Waals surface area (Å²) in [4.78, 5) is 4.50. The van der Waals surface area contributed by atoms with Gasteiger partial charge in [-0.2, -0.15) is 0 Å². The Morgan fingerprint density at radius 3 is 2.44 bits per heavy atom. The molecule has 0 aliphatic rings. The van der Waals surface area contributed by atoms with E-state index in [0.717, 1.165) is 77.8 Å². The Hall–Kier alpha value is -4.35. The van der Waals surface area contributed by atoms with Gasteiger partial charge in [0.25, 0.3) is 0 Å². The zero-order valence-corrected chi connectivity index (χ0v) is 26.6. The fraction of sp³-hybridized carbons (Fsp3) is 0.308. The molecule has 0 heterocycles. The third kappa shape index (κ3) is 11.4. The summed E-state index contributed by atoms with van der Waals surface area (Å²) in [6, 6.07) is 14.7. The number of hydrogen-bond donors (Lipinski definition) is 3. The Labute approximate surface area is 260 Å². The van der Waals surface area contributed by atoms with Gasteiger partial charge in [-0.3, -0.25) is 4.99 Å². The lowest BCUT2D eigenvalue weighted by Gasteiger charge is -2.13. The zero-order chi connectivity index (χ0) is 31.6. The summed E-state index contributed by atoms with van der Waals surface area (Å²) in [5, 5.41) is 3.36. The molecule has 0 atom stereocenters. The second-order valence-corrected chi connectivity index (χ2v) is 10.4. The fourth-order valence-electron chi connectivity index (χ4n) is 4.35. The second kappa shape index (κ2) is 19.0. The van der Waals surface area contributed by atoms with Gasteiger partial charge in [0.05, 0.1) is 5.57 Å². The van der Waals surface area contributed by atoms with Crippen LogP contribution in [0.3, 0.4) is 0 Å². The molecule has 4 nitrogen and oxygen atoms in total. The van der Waals surface area contributed by atoms with Crippen molar-refractivity contribution in [3.05, 3.63) is 119 Å². The lowest BCUT2D eigenvalue weighted by atomic mass is 9.92. The number of aliphatic imine (C=N–C) groups is 1. The van der Waals surface area contributed by atoms with Crippen LogP contribution in [0.4, 0.5) is 0 Å². The molecule has 2 rings (SSSR count). The SMILES string of the molecule is C=C(C(=C)c1ccc(C)cc1)/C(C)=C(/C#CC(C=NCCCC#Cc1ccc(C(=C)CNCC)c(CCC)c1)=CN)CN. The normalized spacial score (nSPS) is 11.7. The standard InChI is InChI=1S/C39H48N4/c1-8-13-37-24-34(18-22-39(37)30(4)27-42-9-2)14-11-10-12-23-43-28-35(25-40)17-21-38(26-41)33(7)31(5)32(6)36-19-15-29(3)16-20-36/h15-16,18-20,22,24-25,28,42H,4-6,8-10,12-13,23,26-27,40-41H2,1-3,7H3/b35-25?,38-33-,43-28?. The Morgan fingerprint density at radius 1 is 1.05 bits per heavy atom. The van der Waals surface area contributed by atoms with Crippen LogP contribution in [0, 0.1) is 30.6 Å². The van der Waals surface area contributed by atoms with E-state index in [1.807, 2.05) is 19.1 Å². The predicted molar refractivity (Wildman–Crippen MR) is 189 cm³/mol. The molecular formula is C39H48N4. The molecule has 0 aliphatic heterocycles. The van der Waals surface area contributed by atoms with Crippen LogP contribution in [0.2, 0.25) is 0 Å². The summed E-state index contributed by atoms with van der Waals surface area (Å²) >= 11 is 0. The van der Waals surface area contributed by atoms with E-state index < -0.39 is 0 Å². The van der Waals surface area contributed by atoms with Crippen LogP contribution in [0.25, 0.3) is 11.1 Å². The van der Waals surface area contributed by atoms with Crippen LogP contribution in [-0.2, 0) is 6.42 Å². The number of allylic oxidation sites excluding steroid dienone is 4. The first-order valence-electron chi connectivity index (χ1n) is 15.0. The van der Waals surface area contributed by atoms with Gasteiger partial charge in [0.1, 0.15) is 0 Å². The maximum absolute atomic E-state index is 6.03. The van der Waals surface area contributed by atoms with Gasteiger partial charge in [0, 0.05) is 49.6 Å². The minimum Gasteiger partial charge on any atom is -0.404 e. The van der Waals surface area contributed by atoms with Crippen molar-refractivity contribution in [3.8, 4) is 23.7 Å². The van der Waals surface area contributed by atoms with E-state index in [1.165, 1.54) is 22.9 Å². The van der Waals surface area contributed by atoms with Gasteiger partial charge in [-0.15, -0.1) is 0 Å². The van der Waals surface area contributed by atoms with Crippen molar-refractivity contribution in [2.24, 2.45) is 16.5 Å². The summed E-state index contributed by atoms with van der Waals surface area (Å²) in [6.45, 7) is 23.7. The van der Waals surface area contributed by atoms with Gasteiger partial charge < -0.3 is 16.8 Å². The molecule has 0 bridgehead atoms. The minimum absolute atomic E-state index is 0.292. The highest BCUT2D eigenvalue weighted by molar-refractivity contribution is 5.85. The van der Waals surface area contributed by atoms with E-state index in [4.69, 9.17) is 11.5 Å².